The zero-order chi connectivity index (χ0) is 21.4. The molecule has 1 amide bonds. The maximum absolute atomic E-state index is 12.5. The fourth-order valence-electron chi connectivity index (χ4n) is 3.49. The van der Waals surface area contributed by atoms with Crippen molar-refractivity contribution in [1.29, 1.82) is 0 Å². The van der Waals surface area contributed by atoms with Gasteiger partial charge < -0.3 is 25.4 Å². The highest BCUT2D eigenvalue weighted by molar-refractivity contribution is 14.0. The van der Waals surface area contributed by atoms with Crippen LogP contribution in [0, 0.1) is 5.92 Å². The van der Waals surface area contributed by atoms with Crippen molar-refractivity contribution in [2.45, 2.75) is 52.0 Å². The number of hydrogen-bond acceptors (Lipinski definition) is 4. The van der Waals surface area contributed by atoms with Crippen LogP contribution in [0.5, 0.6) is 0 Å². The van der Waals surface area contributed by atoms with E-state index in [1.807, 2.05) is 31.2 Å². The number of carbonyl (C=O) groups excluding carboxylic acids is 1. The minimum absolute atomic E-state index is 0. The largest absolute Gasteiger partial charge is 0.382 e. The number of methoxy groups -OCH3 is 1. The summed E-state index contributed by atoms with van der Waals surface area (Å²) in [5.74, 6) is 1.09. The van der Waals surface area contributed by atoms with Crippen LogP contribution in [0.25, 0.3) is 0 Å². The van der Waals surface area contributed by atoms with E-state index in [2.05, 4.69) is 20.9 Å². The van der Waals surface area contributed by atoms with Gasteiger partial charge in [0.15, 0.2) is 5.96 Å². The van der Waals surface area contributed by atoms with Crippen LogP contribution < -0.4 is 16.0 Å². The molecule has 3 N–H and O–H groups in total. The van der Waals surface area contributed by atoms with Crippen molar-refractivity contribution in [2.75, 3.05) is 45.3 Å². The Hall–Kier alpha value is -1.39. The van der Waals surface area contributed by atoms with Gasteiger partial charge in [0.1, 0.15) is 0 Å². The highest BCUT2D eigenvalue weighted by atomic mass is 127. The lowest BCUT2D eigenvalue weighted by Crippen LogP contribution is -2.38. The Balaban J connectivity index is 0.00000480. The van der Waals surface area contributed by atoms with Crippen LogP contribution in [0.2, 0.25) is 0 Å². The van der Waals surface area contributed by atoms with E-state index < -0.39 is 0 Å². The first kappa shape index (κ1) is 27.6. The average molecular weight is 546 g/mol. The third kappa shape index (κ3) is 11.7. The fourth-order valence-corrected chi connectivity index (χ4v) is 3.49. The predicted octanol–water partition coefficient (Wildman–Crippen LogP) is 3.93. The number of halogens is 1. The zero-order valence-electron chi connectivity index (χ0n) is 19.0. The van der Waals surface area contributed by atoms with Crippen LogP contribution in [0.15, 0.2) is 29.3 Å². The minimum atomic E-state index is 0. The highest BCUT2D eigenvalue weighted by Gasteiger charge is 2.20. The highest BCUT2D eigenvalue weighted by Crippen LogP contribution is 2.25. The monoisotopic (exact) mass is 546 g/mol. The second-order valence-corrected chi connectivity index (χ2v) is 7.61. The van der Waals surface area contributed by atoms with E-state index in [4.69, 9.17) is 9.47 Å². The van der Waals surface area contributed by atoms with Gasteiger partial charge in [-0.1, -0.05) is 31.4 Å². The Labute approximate surface area is 204 Å². The maximum atomic E-state index is 12.5. The molecule has 0 atom stereocenters. The van der Waals surface area contributed by atoms with E-state index in [0.717, 1.165) is 62.4 Å². The molecule has 1 aliphatic rings. The summed E-state index contributed by atoms with van der Waals surface area (Å²) in [6, 6.07) is 7.96. The number of nitrogens with one attached hydrogen (secondary N) is 3. The average Bonchev–Trinajstić information content (AvgIpc) is 2.77. The predicted molar refractivity (Wildman–Crippen MR) is 137 cm³/mol. The number of hydrogen-bond donors (Lipinski definition) is 3. The van der Waals surface area contributed by atoms with Crippen molar-refractivity contribution >= 4 is 41.5 Å². The van der Waals surface area contributed by atoms with Gasteiger partial charge in [-0.2, -0.15) is 0 Å². The van der Waals surface area contributed by atoms with Gasteiger partial charge in [0.2, 0.25) is 5.91 Å². The molecule has 0 unspecified atom stereocenters. The van der Waals surface area contributed by atoms with Gasteiger partial charge in [0, 0.05) is 38.4 Å². The number of guanidine groups is 1. The summed E-state index contributed by atoms with van der Waals surface area (Å²) in [5, 5.41) is 9.68. The number of anilines is 1. The SMILES string of the molecule is CCNC(=NCc1cccc(NC(=O)C2CCCCC2)c1)NCCCOCCOC.I. The summed E-state index contributed by atoms with van der Waals surface area (Å²) < 4.78 is 10.4. The first-order valence-electron chi connectivity index (χ1n) is 11.2. The molecule has 0 aliphatic heterocycles. The van der Waals surface area contributed by atoms with Gasteiger partial charge in [0.05, 0.1) is 19.8 Å². The quantitative estimate of drug-likeness (QED) is 0.160. The Morgan fingerprint density at radius 1 is 1.13 bits per heavy atom. The van der Waals surface area contributed by atoms with E-state index in [1.165, 1.54) is 6.42 Å². The number of nitrogens with zero attached hydrogens (tertiary/aromatic N) is 1. The second kappa shape index (κ2) is 17.2. The molecule has 1 aromatic carbocycles. The van der Waals surface area contributed by atoms with Crippen molar-refractivity contribution in [3.8, 4) is 0 Å². The molecule has 8 heteroatoms. The number of rotatable bonds is 12. The molecule has 0 heterocycles. The van der Waals surface area contributed by atoms with E-state index in [1.54, 1.807) is 7.11 Å². The lowest BCUT2D eigenvalue weighted by atomic mass is 9.88. The van der Waals surface area contributed by atoms with Crippen LogP contribution in [0.3, 0.4) is 0 Å². The third-order valence-corrected chi connectivity index (χ3v) is 5.12. The van der Waals surface area contributed by atoms with Crippen molar-refractivity contribution in [1.82, 2.24) is 10.6 Å². The van der Waals surface area contributed by atoms with E-state index >= 15 is 0 Å². The van der Waals surface area contributed by atoms with Gasteiger partial charge in [0.25, 0.3) is 0 Å². The zero-order valence-corrected chi connectivity index (χ0v) is 21.3. The molecule has 0 saturated heterocycles. The van der Waals surface area contributed by atoms with E-state index in [-0.39, 0.29) is 35.8 Å². The van der Waals surface area contributed by atoms with Crippen LogP contribution >= 0.6 is 24.0 Å². The first-order chi connectivity index (χ1) is 14.7. The molecule has 7 nitrogen and oxygen atoms in total. The molecule has 31 heavy (non-hydrogen) atoms. The number of carbonyl (C=O) groups is 1. The van der Waals surface area contributed by atoms with Gasteiger partial charge in [-0.15, -0.1) is 24.0 Å². The maximum Gasteiger partial charge on any atom is 0.227 e. The van der Waals surface area contributed by atoms with Crippen LogP contribution in [0.1, 0.15) is 51.0 Å². The summed E-state index contributed by atoms with van der Waals surface area (Å²) in [4.78, 5) is 17.1. The Morgan fingerprint density at radius 2 is 1.94 bits per heavy atom. The van der Waals surface area contributed by atoms with Crippen molar-refractivity contribution in [3.63, 3.8) is 0 Å². The van der Waals surface area contributed by atoms with Gasteiger partial charge in [-0.25, -0.2) is 4.99 Å². The summed E-state index contributed by atoms with van der Waals surface area (Å²) in [6.45, 7) is 6.12. The lowest BCUT2D eigenvalue weighted by Gasteiger charge is -2.20. The number of benzene rings is 1. The number of amides is 1. The Morgan fingerprint density at radius 3 is 2.68 bits per heavy atom. The fraction of sp³-hybridized carbons (Fsp3) is 0.652. The normalized spacial score (nSPS) is 14.6. The number of aliphatic imine (C=N–C) groups is 1. The summed E-state index contributed by atoms with van der Waals surface area (Å²) in [6.07, 6.45) is 6.48. The van der Waals surface area contributed by atoms with Crippen LogP contribution in [-0.2, 0) is 20.8 Å². The first-order valence-corrected chi connectivity index (χ1v) is 11.2. The minimum Gasteiger partial charge on any atom is -0.382 e. The molecule has 1 aromatic rings. The van der Waals surface area contributed by atoms with E-state index in [9.17, 15) is 4.79 Å². The number of ether oxygens (including phenoxy) is 2. The lowest BCUT2D eigenvalue weighted by molar-refractivity contribution is -0.120. The molecule has 1 aliphatic carbocycles. The van der Waals surface area contributed by atoms with Gasteiger partial charge >= 0.3 is 0 Å². The molecule has 2 rings (SSSR count). The molecule has 0 bridgehead atoms. The van der Waals surface area contributed by atoms with Crippen molar-refractivity contribution in [3.05, 3.63) is 29.8 Å². The molecule has 0 radical (unpaired) electrons. The molecule has 0 aromatic heterocycles. The topological polar surface area (TPSA) is 84.0 Å². The van der Waals surface area contributed by atoms with Gasteiger partial charge in [-0.05, 0) is 43.9 Å². The third-order valence-electron chi connectivity index (χ3n) is 5.12. The Kier molecular flexibility index (Phi) is 15.3. The molecular formula is C23H39IN4O3. The van der Waals surface area contributed by atoms with Crippen LogP contribution in [0.4, 0.5) is 5.69 Å². The summed E-state index contributed by atoms with van der Waals surface area (Å²) in [7, 11) is 1.67. The molecule has 176 valence electrons. The molecular weight excluding hydrogens is 507 g/mol. The Bertz CT molecular complexity index is 651. The standard InChI is InChI=1S/C23H38N4O3.HI/c1-3-24-23(25-13-8-14-30-16-15-29-2)26-18-19-9-7-12-21(17-19)27-22(28)20-10-5-4-6-11-20;/h7,9,12,17,20H,3-6,8,10-11,13-16,18H2,1-2H3,(H,27,28)(H2,24,25,26);1H. The summed E-state index contributed by atoms with van der Waals surface area (Å²) >= 11 is 0. The van der Waals surface area contributed by atoms with E-state index in [0.29, 0.717) is 26.4 Å². The molecule has 1 fully saturated rings. The summed E-state index contributed by atoms with van der Waals surface area (Å²) in [5.41, 5.74) is 1.92. The molecule has 0 spiro atoms. The van der Waals surface area contributed by atoms with Crippen molar-refractivity contribution < 1.29 is 14.3 Å². The van der Waals surface area contributed by atoms with Gasteiger partial charge in [-0.3, -0.25) is 4.79 Å². The van der Waals surface area contributed by atoms with Crippen molar-refractivity contribution in [2.24, 2.45) is 10.9 Å². The van der Waals surface area contributed by atoms with Crippen LogP contribution in [-0.4, -0.2) is 51.9 Å². The molecule has 1 saturated carbocycles. The second-order valence-electron chi connectivity index (χ2n) is 7.61. The smallest absolute Gasteiger partial charge is 0.227 e.